The van der Waals surface area contributed by atoms with Crippen LogP contribution < -0.4 is 19.5 Å². The normalized spacial score (nSPS) is 17.6. The maximum Gasteiger partial charge on any atom is 0.254 e. The summed E-state index contributed by atoms with van der Waals surface area (Å²) in [6.07, 6.45) is 1.38. The molecule has 0 saturated carbocycles. The molecule has 35 heavy (non-hydrogen) atoms. The molecule has 1 fully saturated rings. The molecule has 190 valence electrons. The molecule has 7 nitrogen and oxygen atoms in total. The number of halogens is 1. The van der Waals surface area contributed by atoms with Crippen molar-refractivity contribution in [3.05, 3.63) is 53.3 Å². The second kappa shape index (κ2) is 11.9. The number of amides is 2. The summed E-state index contributed by atoms with van der Waals surface area (Å²) < 4.78 is 30.4. The van der Waals surface area contributed by atoms with E-state index in [0.29, 0.717) is 75.1 Å². The van der Waals surface area contributed by atoms with Crippen LogP contribution in [0.1, 0.15) is 56.5 Å². The van der Waals surface area contributed by atoms with Gasteiger partial charge in [-0.2, -0.15) is 0 Å². The number of nitrogens with one attached hydrogen (secondary N) is 1. The van der Waals surface area contributed by atoms with E-state index in [0.717, 1.165) is 5.56 Å². The molecule has 3 rings (SSSR count). The molecule has 0 bridgehead atoms. The molecule has 1 atom stereocenters. The van der Waals surface area contributed by atoms with Gasteiger partial charge in [-0.1, -0.05) is 12.1 Å². The maximum atomic E-state index is 13.5. The van der Waals surface area contributed by atoms with Crippen molar-refractivity contribution in [1.82, 2.24) is 10.2 Å². The van der Waals surface area contributed by atoms with Gasteiger partial charge in [-0.05, 0) is 70.4 Å². The zero-order valence-corrected chi connectivity index (χ0v) is 21.0. The molecule has 1 aliphatic heterocycles. The molecule has 0 radical (unpaired) electrons. The number of piperidine rings is 1. The Morgan fingerprint density at radius 3 is 2.17 bits per heavy atom. The van der Waals surface area contributed by atoms with Crippen LogP contribution in [0.25, 0.3) is 0 Å². The van der Waals surface area contributed by atoms with Crippen molar-refractivity contribution in [1.29, 1.82) is 0 Å². The van der Waals surface area contributed by atoms with E-state index >= 15 is 0 Å². The van der Waals surface area contributed by atoms with Gasteiger partial charge in [-0.15, -0.1) is 0 Å². The van der Waals surface area contributed by atoms with E-state index in [-0.39, 0.29) is 17.6 Å². The molecular weight excluding hydrogens is 451 g/mol. The van der Waals surface area contributed by atoms with Gasteiger partial charge in [0, 0.05) is 25.2 Å². The molecule has 1 aliphatic rings. The van der Waals surface area contributed by atoms with E-state index in [9.17, 15) is 14.0 Å². The Morgan fingerprint density at radius 1 is 1.00 bits per heavy atom. The Bertz CT molecular complexity index is 1000. The molecule has 2 amide bonds. The second-order valence-corrected chi connectivity index (χ2v) is 8.80. The van der Waals surface area contributed by atoms with Crippen LogP contribution in [0.3, 0.4) is 0 Å². The molecule has 0 aliphatic carbocycles. The highest BCUT2D eigenvalue weighted by molar-refractivity contribution is 5.96. The first kappa shape index (κ1) is 26.3. The van der Waals surface area contributed by atoms with Gasteiger partial charge in [-0.3, -0.25) is 9.59 Å². The van der Waals surface area contributed by atoms with Crippen molar-refractivity contribution in [3.8, 4) is 17.2 Å². The van der Waals surface area contributed by atoms with Crippen molar-refractivity contribution in [2.75, 3.05) is 32.9 Å². The Labute approximate surface area is 206 Å². The van der Waals surface area contributed by atoms with Crippen LogP contribution in [0.4, 0.5) is 4.39 Å². The van der Waals surface area contributed by atoms with Gasteiger partial charge in [0.25, 0.3) is 5.91 Å². The molecule has 2 aromatic carbocycles. The van der Waals surface area contributed by atoms with Crippen molar-refractivity contribution in [3.63, 3.8) is 0 Å². The number of likely N-dealkylation sites (tertiary alicyclic amines) is 1. The highest BCUT2D eigenvalue weighted by Gasteiger charge is 2.39. The smallest absolute Gasteiger partial charge is 0.254 e. The summed E-state index contributed by atoms with van der Waals surface area (Å²) >= 11 is 0. The minimum atomic E-state index is -0.731. The van der Waals surface area contributed by atoms with Gasteiger partial charge in [0.05, 0.1) is 25.2 Å². The average molecular weight is 487 g/mol. The fourth-order valence-corrected chi connectivity index (χ4v) is 4.29. The minimum absolute atomic E-state index is 0.129. The van der Waals surface area contributed by atoms with E-state index in [4.69, 9.17) is 14.2 Å². The SMILES string of the molecule is CCOc1cc(C(=O)N2CCC[C@](C)(C(=O)NCc3ccc(F)cc3)C2)cc(OCC)c1OCC. The van der Waals surface area contributed by atoms with Gasteiger partial charge in [0.2, 0.25) is 11.7 Å². The Balaban J connectivity index is 1.77. The summed E-state index contributed by atoms with van der Waals surface area (Å²) in [5.41, 5.74) is 0.509. The predicted molar refractivity (Wildman–Crippen MR) is 131 cm³/mol. The predicted octanol–water partition coefficient (Wildman–Crippen LogP) is 4.58. The zero-order chi connectivity index (χ0) is 25.4. The van der Waals surface area contributed by atoms with Crippen LogP contribution in [0.2, 0.25) is 0 Å². The lowest BCUT2D eigenvalue weighted by molar-refractivity contribution is -0.132. The summed E-state index contributed by atoms with van der Waals surface area (Å²) in [7, 11) is 0. The molecule has 8 heteroatoms. The Morgan fingerprint density at radius 2 is 1.60 bits per heavy atom. The molecule has 0 aromatic heterocycles. The van der Waals surface area contributed by atoms with Crippen molar-refractivity contribution in [2.45, 2.75) is 47.1 Å². The quantitative estimate of drug-likeness (QED) is 0.532. The first-order chi connectivity index (χ1) is 16.8. The van der Waals surface area contributed by atoms with E-state index < -0.39 is 5.41 Å². The van der Waals surface area contributed by atoms with Crippen LogP contribution in [0, 0.1) is 11.2 Å². The summed E-state index contributed by atoms with van der Waals surface area (Å²) in [6.45, 7) is 9.90. The first-order valence-corrected chi connectivity index (χ1v) is 12.2. The number of benzene rings is 2. The highest BCUT2D eigenvalue weighted by atomic mass is 19.1. The Hall–Kier alpha value is -3.29. The van der Waals surface area contributed by atoms with E-state index in [2.05, 4.69) is 5.32 Å². The fraction of sp³-hybridized carbons (Fsp3) is 0.481. The van der Waals surface area contributed by atoms with Crippen molar-refractivity contribution < 1.29 is 28.2 Å². The summed E-state index contributed by atoms with van der Waals surface area (Å²) in [5, 5.41) is 2.95. The zero-order valence-electron chi connectivity index (χ0n) is 21.0. The highest BCUT2D eigenvalue weighted by Crippen LogP contribution is 2.40. The number of nitrogens with zero attached hydrogens (tertiary/aromatic N) is 1. The second-order valence-electron chi connectivity index (χ2n) is 8.80. The van der Waals surface area contributed by atoms with E-state index in [1.54, 1.807) is 29.2 Å². The van der Waals surface area contributed by atoms with Crippen molar-refractivity contribution in [2.24, 2.45) is 5.41 Å². The van der Waals surface area contributed by atoms with Crippen LogP contribution >= 0.6 is 0 Å². The van der Waals surface area contributed by atoms with Crippen LogP contribution in [0.15, 0.2) is 36.4 Å². The number of carbonyl (C=O) groups is 2. The molecular formula is C27H35FN2O5. The van der Waals surface area contributed by atoms with Crippen LogP contribution in [-0.2, 0) is 11.3 Å². The molecule has 0 unspecified atom stereocenters. The first-order valence-electron chi connectivity index (χ1n) is 12.2. The summed E-state index contributed by atoms with van der Waals surface area (Å²) in [6, 6.07) is 9.39. The largest absolute Gasteiger partial charge is 0.490 e. The van der Waals surface area contributed by atoms with Crippen LogP contribution in [0.5, 0.6) is 17.2 Å². The monoisotopic (exact) mass is 486 g/mol. The summed E-state index contributed by atoms with van der Waals surface area (Å²) in [5.74, 6) is 0.767. The topological polar surface area (TPSA) is 77.1 Å². The standard InChI is InChI=1S/C27H35FN2O5/c1-5-33-22-15-20(16-23(34-6-2)24(22)35-7-3)25(31)30-14-8-13-27(4,18-30)26(32)29-17-19-9-11-21(28)12-10-19/h9-12,15-16H,5-8,13-14,17-18H2,1-4H3,(H,29,32)/t27-/m0/s1. The average Bonchev–Trinajstić information content (AvgIpc) is 2.85. The maximum absolute atomic E-state index is 13.5. The molecule has 1 saturated heterocycles. The van der Waals surface area contributed by atoms with Gasteiger partial charge >= 0.3 is 0 Å². The van der Waals surface area contributed by atoms with E-state index in [1.807, 2.05) is 27.7 Å². The Kier molecular flexibility index (Phi) is 8.95. The lowest BCUT2D eigenvalue weighted by Crippen LogP contribution is -2.51. The lowest BCUT2D eigenvalue weighted by Gasteiger charge is -2.39. The number of carbonyl (C=O) groups excluding carboxylic acids is 2. The third-order valence-electron chi connectivity index (χ3n) is 6.05. The third-order valence-corrected chi connectivity index (χ3v) is 6.05. The molecule has 1 heterocycles. The van der Waals surface area contributed by atoms with Gasteiger partial charge in [0.1, 0.15) is 5.82 Å². The minimum Gasteiger partial charge on any atom is -0.490 e. The number of ether oxygens (including phenoxy) is 3. The number of hydrogen-bond acceptors (Lipinski definition) is 5. The van der Waals surface area contributed by atoms with Crippen LogP contribution in [-0.4, -0.2) is 49.6 Å². The fourth-order valence-electron chi connectivity index (χ4n) is 4.29. The number of rotatable bonds is 10. The van der Waals surface area contributed by atoms with Crippen molar-refractivity contribution >= 4 is 11.8 Å². The summed E-state index contributed by atoms with van der Waals surface area (Å²) in [4.78, 5) is 28.3. The van der Waals surface area contributed by atoms with Gasteiger partial charge < -0.3 is 24.4 Å². The molecule has 0 spiro atoms. The van der Waals surface area contributed by atoms with Gasteiger partial charge in [-0.25, -0.2) is 4.39 Å². The van der Waals surface area contributed by atoms with E-state index in [1.165, 1.54) is 12.1 Å². The third kappa shape index (κ3) is 6.44. The molecule has 1 N–H and O–H groups in total. The van der Waals surface area contributed by atoms with Gasteiger partial charge in [0.15, 0.2) is 11.5 Å². The molecule has 2 aromatic rings. The lowest BCUT2D eigenvalue weighted by atomic mass is 9.80. The number of hydrogen-bond donors (Lipinski definition) is 1.